The zero-order valence-corrected chi connectivity index (χ0v) is 24.1. The number of carbonyl (C=O) groups is 2. The van der Waals surface area contributed by atoms with Gasteiger partial charge in [0.05, 0.1) is 36.7 Å². The maximum absolute atomic E-state index is 14.0. The van der Waals surface area contributed by atoms with Crippen LogP contribution in [0.2, 0.25) is 5.02 Å². The second-order valence-corrected chi connectivity index (χ2v) is 14.3. The third-order valence-corrected chi connectivity index (χ3v) is 11.1. The summed E-state index contributed by atoms with van der Waals surface area (Å²) in [5.41, 5.74) is -0.916. The summed E-state index contributed by atoms with van der Waals surface area (Å²) < 4.78 is 41.8. The van der Waals surface area contributed by atoms with Crippen LogP contribution < -0.4 is 0 Å². The molecule has 1 aromatic carbocycles. The number of halogens is 1. The first-order chi connectivity index (χ1) is 18.6. The van der Waals surface area contributed by atoms with Crippen molar-refractivity contribution in [3.63, 3.8) is 0 Å². The molecule has 4 atom stereocenters. The molecule has 2 amide bonds. The van der Waals surface area contributed by atoms with E-state index in [4.69, 9.17) is 21.1 Å². The molecule has 0 radical (unpaired) electrons. The van der Waals surface area contributed by atoms with Crippen molar-refractivity contribution in [1.82, 2.24) is 19.0 Å². The van der Waals surface area contributed by atoms with E-state index in [0.29, 0.717) is 44.1 Å². The lowest BCUT2D eigenvalue weighted by atomic mass is 10.0. The van der Waals surface area contributed by atoms with E-state index in [1.165, 1.54) is 12.1 Å². The molecule has 39 heavy (non-hydrogen) atoms. The van der Waals surface area contributed by atoms with Crippen LogP contribution in [0.4, 0.5) is 4.79 Å². The standard InChI is InChI=1S/C27H37ClN4O6S/c1-29(2)15-25(33)31-20-7-8-21(31)14-30(13-20)26(34)38-27(11-12-27)24-17-37-16-23(18-3-4-18)32(24)39(35,36)22-9-5-19(28)6-10-22/h5-6,9-10,18,20-21,23-24H,3-4,7-8,11-17H2,1-2H3/t20?,21?,23-,24+/m0/s1. The number of hydrogen-bond donors (Lipinski definition) is 0. The Morgan fingerprint density at radius 3 is 2.26 bits per heavy atom. The van der Waals surface area contributed by atoms with Gasteiger partial charge >= 0.3 is 6.09 Å². The molecule has 3 heterocycles. The van der Waals surface area contributed by atoms with Crippen LogP contribution in [0.1, 0.15) is 38.5 Å². The normalized spacial score (nSPS) is 30.5. The highest BCUT2D eigenvalue weighted by Gasteiger charge is 2.62. The van der Waals surface area contributed by atoms with Gasteiger partial charge in [-0.15, -0.1) is 0 Å². The number of likely N-dealkylation sites (tertiary alicyclic amines) is 1. The number of ether oxygens (including phenoxy) is 2. The van der Waals surface area contributed by atoms with Gasteiger partial charge in [0.1, 0.15) is 5.60 Å². The average molecular weight is 581 g/mol. The van der Waals surface area contributed by atoms with Crippen molar-refractivity contribution in [2.24, 2.45) is 5.92 Å². The third kappa shape index (κ3) is 5.16. The molecule has 2 aliphatic carbocycles. The first-order valence-electron chi connectivity index (χ1n) is 13.9. The molecule has 214 valence electrons. The molecule has 10 nitrogen and oxygen atoms in total. The van der Waals surface area contributed by atoms with E-state index in [9.17, 15) is 18.0 Å². The Morgan fingerprint density at radius 2 is 1.69 bits per heavy atom. The number of hydrogen-bond acceptors (Lipinski definition) is 7. The topological polar surface area (TPSA) is 99.7 Å². The summed E-state index contributed by atoms with van der Waals surface area (Å²) in [7, 11) is -0.125. The lowest BCUT2D eigenvalue weighted by Crippen LogP contribution is -2.62. The van der Waals surface area contributed by atoms with Crippen LogP contribution >= 0.6 is 11.6 Å². The first-order valence-corrected chi connectivity index (χ1v) is 15.7. The fraction of sp³-hybridized carbons (Fsp3) is 0.704. The van der Waals surface area contributed by atoms with E-state index in [1.54, 1.807) is 21.3 Å². The number of likely N-dealkylation sites (N-methyl/N-ethyl adjacent to an activating group) is 1. The molecule has 0 N–H and O–H groups in total. The highest BCUT2D eigenvalue weighted by atomic mass is 35.5. The van der Waals surface area contributed by atoms with Gasteiger partial charge < -0.3 is 24.2 Å². The molecule has 3 saturated heterocycles. The second kappa shape index (κ2) is 10.2. The minimum Gasteiger partial charge on any atom is -0.441 e. The van der Waals surface area contributed by atoms with E-state index in [0.717, 1.165) is 25.7 Å². The Hall–Kier alpha value is -1.92. The summed E-state index contributed by atoms with van der Waals surface area (Å²) in [5.74, 6) is 0.331. The molecule has 2 saturated carbocycles. The predicted molar refractivity (Wildman–Crippen MR) is 144 cm³/mol. The van der Waals surface area contributed by atoms with Crippen LogP contribution in [0.3, 0.4) is 0 Å². The number of carbonyl (C=O) groups excluding carboxylic acids is 2. The highest BCUT2D eigenvalue weighted by molar-refractivity contribution is 7.89. The lowest BCUT2D eigenvalue weighted by molar-refractivity contribution is -0.137. The van der Waals surface area contributed by atoms with Gasteiger partial charge in [0, 0.05) is 30.2 Å². The summed E-state index contributed by atoms with van der Waals surface area (Å²) in [5, 5.41) is 0.469. The van der Waals surface area contributed by atoms with Crippen molar-refractivity contribution in [3.05, 3.63) is 29.3 Å². The molecule has 5 fully saturated rings. The van der Waals surface area contributed by atoms with E-state index in [2.05, 4.69) is 0 Å². The van der Waals surface area contributed by atoms with E-state index in [1.807, 2.05) is 23.9 Å². The van der Waals surface area contributed by atoms with Crippen LogP contribution in [-0.4, -0.2) is 116 Å². The van der Waals surface area contributed by atoms with Crippen molar-refractivity contribution in [2.75, 3.05) is 46.9 Å². The molecule has 0 spiro atoms. The molecule has 2 unspecified atom stereocenters. The molecule has 12 heteroatoms. The monoisotopic (exact) mass is 580 g/mol. The van der Waals surface area contributed by atoms with E-state index in [-0.39, 0.29) is 41.5 Å². The number of morpholine rings is 1. The zero-order chi connectivity index (χ0) is 27.5. The molecule has 3 aliphatic heterocycles. The Bertz CT molecular complexity index is 1210. The van der Waals surface area contributed by atoms with Crippen LogP contribution in [0, 0.1) is 5.92 Å². The summed E-state index contributed by atoms with van der Waals surface area (Å²) in [6.07, 6.45) is 4.40. The minimum absolute atomic E-state index is 0.0158. The molecule has 5 aliphatic rings. The van der Waals surface area contributed by atoms with Gasteiger partial charge in [-0.3, -0.25) is 4.79 Å². The van der Waals surface area contributed by atoms with Gasteiger partial charge in [0.25, 0.3) is 0 Å². The predicted octanol–water partition coefficient (Wildman–Crippen LogP) is 2.41. The molecule has 2 bridgehead atoms. The number of piperazine rings is 1. The maximum Gasteiger partial charge on any atom is 0.410 e. The maximum atomic E-state index is 14.0. The first kappa shape index (κ1) is 27.3. The fourth-order valence-electron chi connectivity index (χ4n) is 6.64. The molecule has 1 aromatic rings. The van der Waals surface area contributed by atoms with Crippen LogP contribution in [0.15, 0.2) is 29.2 Å². The van der Waals surface area contributed by atoms with Crippen molar-refractivity contribution in [2.45, 2.75) is 73.2 Å². The van der Waals surface area contributed by atoms with Crippen molar-refractivity contribution < 1.29 is 27.5 Å². The number of nitrogens with zero attached hydrogens (tertiary/aromatic N) is 4. The summed E-state index contributed by atoms with van der Waals surface area (Å²) >= 11 is 6.04. The van der Waals surface area contributed by atoms with Gasteiger partial charge in [-0.25, -0.2) is 13.2 Å². The average Bonchev–Trinajstić information content (AvgIpc) is 3.82. The number of sulfonamides is 1. The minimum atomic E-state index is -3.88. The quantitative estimate of drug-likeness (QED) is 0.488. The van der Waals surface area contributed by atoms with Gasteiger partial charge in [0.15, 0.2) is 0 Å². The zero-order valence-electron chi connectivity index (χ0n) is 22.5. The number of fused-ring (bicyclic) bond motifs is 2. The van der Waals surface area contributed by atoms with Crippen molar-refractivity contribution >= 4 is 33.6 Å². The fourth-order valence-corrected chi connectivity index (χ4v) is 8.66. The van der Waals surface area contributed by atoms with Gasteiger partial charge in [-0.1, -0.05) is 11.6 Å². The van der Waals surface area contributed by atoms with E-state index >= 15 is 0 Å². The lowest BCUT2D eigenvalue weighted by Gasteiger charge is -2.45. The smallest absolute Gasteiger partial charge is 0.410 e. The molecule has 6 rings (SSSR count). The van der Waals surface area contributed by atoms with E-state index < -0.39 is 27.8 Å². The van der Waals surface area contributed by atoms with Crippen LogP contribution in [0.5, 0.6) is 0 Å². The number of benzene rings is 1. The molecular formula is C27H37ClN4O6S. The second-order valence-electron chi connectivity index (χ2n) is 12.0. The SMILES string of the molecule is CN(C)CC(=O)N1C2CCC1CN(C(=O)OC1([C@H]3COC[C@@H](C4CC4)N3S(=O)(=O)c3ccc(Cl)cc3)CC1)C2. The van der Waals surface area contributed by atoms with Crippen molar-refractivity contribution in [3.8, 4) is 0 Å². The van der Waals surface area contributed by atoms with Crippen molar-refractivity contribution in [1.29, 1.82) is 0 Å². The Labute approximate surface area is 235 Å². The highest BCUT2D eigenvalue weighted by Crippen LogP contribution is 2.50. The van der Waals surface area contributed by atoms with Crippen LogP contribution in [0.25, 0.3) is 0 Å². The third-order valence-electron chi connectivity index (χ3n) is 8.87. The Balaban J connectivity index is 1.20. The largest absolute Gasteiger partial charge is 0.441 e. The van der Waals surface area contributed by atoms with Gasteiger partial charge in [0.2, 0.25) is 15.9 Å². The number of rotatable bonds is 7. The molecular weight excluding hydrogens is 544 g/mol. The summed E-state index contributed by atoms with van der Waals surface area (Å²) in [6.45, 7) is 1.74. The Kier molecular flexibility index (Phi) is 7.11. The Morgan fingerprint density at radius 1 is 1.05 bits per heavy atom. The summed E-state index contributed by atoms with van der Waals surface area (Å²) in [6, 6.07) is 5.32. The van der Waals surface area contributed by atoms with Gasteiger partial charge in [-0.2, -0.15) is 4.31 Å². The molecule has 0 aromatic heterocycles. The summed E-state index contributed by atoms with van der Waals surface area (Å²) in [4.78, 5) is 32.1. The number of amides is 2. The van der Waals surface area contributed by atoms with Crippen LogP contribution in [-0.2, 0) is 24.3 Å². The van der Waals surface area contributed by atoms with Gasteiger partial charge in [-0.05, 0) is 82.8 Å².